The largest absolute Gasteiger partial charge is 0.493 e. The van der Waals surface area contributed by atoms with Gasteiger partial charge in [0, 0.05) is 11.1 Å². The average Bonchev–Trinajstić information content (AvgIpc) is 3.52. The fraction of sp³-hybridized carbons (Fsp3) is 0.147. The number of rotatable bonds is 9. The standard InChI is InChI=1S/C34H27Cl2NO4/c1-3-17-38-21(2)27-18-23-13-7-9-15-25(23)30(32(27)40-35)31-26-16-10-8-14-24(26)19-28(33(31)41-36)34-37-29(20-39-34)22-11-5-4-6-12-22/h4-16,18-19,29H,2-3,17,20H2,1H3. The summed E-state index contributed by atoms with van der Waals surface area (Å²) in [4.78, 5) is 4.93. The van der Waals surface area contributed by atoms with E-state index in [1.165, 1.54) is 0 Å². The summed E-state index contributed by atoms with van der Waals surface area (Å²) in [6.07, 6.45) is 0.833. The number of ether oxygens (including phenoxy) is 2. The van der Waals surface area contributed by atoms with Crippen molar-refractivity contribution in [2.45, 2.75) is 19.4 Å². The zero-order valence-corrected chi connectivity index (χ0v) is 23.9. The maximum Gasteiger partial charge on any atom is 0.220 e. The van der Waals surface area contributed by atoms with E-state index in [-0.39, 0.29) is 6.04 Å². The average molecular weight is 584 g/mol. The van der Waals surface area contributed by atoms with E-state index in [1.54, 1.807) is 0 Å². The second kappa shape index (κ2) is 11.7. The molecule has 1 unspecified atom stereocenters. The van der Waals surface area contributed by atoms with Crippen molar-refractivity contribution in [3.63, 3.8) is 0 Å². The molecule has 1 atom stereocenters. The lowest BCUT2D eigenvalue weighted by molar-refractivity contribution is 0.277. The third kappa shape index (κ3) is 4.96. The highest BCUT2D eigenvalue weighted by Crippen LogP contribution is 2.50. The molecule has 7 heteroatoms. The van der Waals surface area contributed by atoms with Crippen LogP contribution in [0.15, 0.2) is 103 Å². The van der Waals surface area contributed by atoms with Crippen molar-refractivity contribution in [2.24, 2.45) is 4.99 Å². The van der Waals surface area contributed by atoms with Crippen molar-refractivity contribution >= 4 is 56.9 Å². The van der Waals surface area contributed by atoms with Crippen molar-refractivity contribution in [2.75, 3.05) is 13.2 Å². The molecule has 41 heavy (non-hydrogen) atoms. The van der Waals surface area contributed by atoms with Gasteiger partial charge in [0.05, 0.1) is 17.7 Å². The fourth-order valence-electron chi connectivity index (χ4n) is 5.35. The van der Waals surface area contributed by atoms with Crippen molar-refractivity contribution < 1.29 is 18.1 Å². The van der Waals surface area contributed by atoms with E-state index in [9.17, 15) is 0 Å². The first-order chi connectivity index (χ1) is 20.1. The Kier molecular flexibility index (Phi) is 7.73. The maximum atomic E-state index is 6.31. The first-order valence-corrected chi connectivity index (χ1v) is 14.0. The molecule has 0 spiro atoms. The fourth-order valence-corrected chi connectivity index (χ4v) is 5.67. The van der Waals surface area contributed by atoms with E-state index in [0.717, 1.165) is 33.5 Å². The summed E-state index contributed by atoms with van der Waals surface area (Å²) in [5.74, 6) is 1.68. The predicted molar refractivity (Wildman–Crippen MR) is 167 cm³/mol. The number of fused-ring (bicyclic) bond motifs is 2. The summed E-state index contributed by atoms with van der Waals surface area (Å²) in [6, 6.07) is 29.8. The molecule has 206 valence electrons. The lowest BCUT2D eigenvalue weighted by Crippen LogP contribution is -2.05. The van der Waals surface area contributed by atoms with Crippen LogP contribution in [0.3, 0.4) is 0 Å². The lowest BCUT2D eigenvalue weighted by Gasteiger charge is -2.21. The Morgan fingerprint density at radius 2 is 1.46 bits per heavy atom. The van der Waals surface area contributed by atoms with Gasteiger partial charge in [0.1, 0.15) is 42.1 Å². The maximum absolute atomic E-state index is 6.31. The minimum absolute atomic E-state index is 0.144. The van der Waals surface area contributed by atoms with Crippen LogP contribution in [0.1, 0.15) is 36.1 Å². The summed E-state index contributed by atoms with van der Waals surface area (Å²) >= 11 is 12.6. The molecule has 0 N–H and O–H groups in total. The molecule has 0 saturated heterocycles. The van der Waals surface area contributed by atoms with E-state index in [2.05, 4.69) is 6.58 Å². The number of hydrogen-bond donors (Lipinski definition) is 0. The van der Waals surface area contributed by atoms with Crippen LogP contribution in [-0.2, 0) is 9.47 Å². The van der Waals surface area contributed by atoms with E-state index < -0.39 is 0 Å². The molecule has 0 fully saturated rings. The van der Waals surface area contributed by atoms with Crippen molar-refractivity contribution in [1.82, 2.24) is 0 Å². The molecule has 1 heterocycles. The van der Waals surface area contributed by atoms with Crippen LogP contribution in [0, 0.1) is 0 Å². The van der Waals surface area contributed by atoms with Crippen molar-refractivity contribution in [3.8, 4) is 22.6 Å². The highest BCUT2D eigenvalue weighted by atomic mass is 35.5. The second-order valence-electron chi connectivity index (χ2n) is 9.80. The van der Waals surface area contributed by atoms with Crippen LogP contribution in [0.5, 0.6) is 11.5 Å². The molecule has 0 bridgehead atoms. The first kappa shape index (κ1) is 27.0. The minimum Gasteiger partial charge on any atom is -0.493 e. The Bertz CT molecular complexity index is 1790. The van der Waals surface area contributed by atoms with E-state index in [0.29, 0.717) is 58.6 Å². The van der Waals surface area contributed by atoms with E-state index in [1.807, 2.05) is 97.9 Å². The van der Waals surface area contributed by atoms with Crippen LogP contribution in [0.4, 0.5) is 0 Å². The number of aliphatic imine (C=N–C) groups is 1. The second-order valence-corrected chi connectivity index (χ2v) is 10.1. The van der Waals surface area contributed by atoms with Crippen molar-refractivity contribution in [3.05, 3.63) is 114 Å². The van der Waals surface area contributed by atoms with Gasteiger partial charge in [-0.2, -0.15) is 0 Å². The van der Waals surface area contributed by atoms with Gasteiger partial charge in [0.15, 0.2) is 11.5 Å². The number of halogens is 2. The summed E-state index contributed by atoms with van der Waals surface area (Å²) < 4.78 is 23.4. The van der Waals surface area contributed by atoms with Crippen LogP contribution >= 0.6 is 23.7 Å². The Morgan fingerprint density at radius 3 is 2.12 bits per heavy atom. The normalized spacial score (nSPS) is 14.5. The highest BCUT2D eigenvalue weighted by Gasteiger charge is 2.30. The monoisotopic (exact) mass is 583 g/mol. The quantitative estimate of drug-likeness (QED) is 0.162. The van der Waals surface area contributed by atoms with E-state index >= 15 is 0 Å². The van der Waals surface area contributed by atoms with E-state index in [4.69, 9.17) is 46.8 Å². The molecule has 5 nitrogen and oxygen atoms in total. The predicted octanol–water partition coefficient (Wildman–Crippen LogP) is 9.64. The molecule has 0 aromatic heterocycles. The molecule has 5 aromatic rings. The Labute approximate surface area is 248 Å². The molecule has 1 aliphatic heterocycles. The molecule has 0 saturated carbocycles. The van der Waals surface area contributed by atoms with Crippen molar-refractivity contribution in [1.29, 1.82) is 0 Å². The smallest absolute Gasteiger partial charge is 0.220 e. The molecule has 0 radical (unpaired) electrons. The van der Waals surface area contributed by atoms with Crippen LogP contribution in [0.25, 0.3) is 38.4 Å². The molecule has 5 aromatic carbocycles. The summed E-state index contributed by atoms with van der Waals surface area (Å²) in [7, 11) is 0. The zero-order chi connectivity index (χ0) is 28.3. The van der Waals surface area contributed by atoms with Crippen LogP contribution in [0.2, 0.25) is 0 Å². The molecule has 6 rings (SSSR count). The van der Waals surface area contributed by atoms with Crippen LogP contribution < -0.4 is 8.58 Å². The number of nitrogens with zero attached hydrogens (tertiary/aromatic N) is 1. The van der Waals surface area contributed by atoms with Gasteiger partial charge in [-0.15, -0.1) is 0 Å². The van der Waals surface area contributed by atoms with Gasteiger partial charge in [-0.25, -0.2) is 4.99 Å². The summed E-state index contributed by atoms with van der Waals surface area (Å²) in [5.41, 5.74) is 3.72. The van der Waals surface area contributed by atoms with Gasteiger partial charge in [-0.1, -0.05) is 92.4 Å². The molecule has 0 aliphatic carbocycles. The minimum atomic E-state index is -0.144. The third-order valence-electron chi connectivity index (χ3n) is 7.25. The highest BCUT2D eigenvalue weighted by molar-refractivity contribution is 6.19. The summed E-state index contributed by atoms with van der Waals surface area (Å²) in [5, 5.41) is 3.68. The van der Waals surface area contributed by atoms with Gasteiger partial charge in [0.2, 0.25) is 5.90 Å². The van der Waals surface area contributed by atoms with Crippen LogP contribution in [-0.4, -0.2) is 19.1 Å². The summed E-state index contributed by atoms with van der Waals surface area (Å²) in [6.45, 7) is 7.14. The number of hydrogen-bond acceptors (Lipinski definition) is 5. The molecular formula is C34H27Cl2NO4. The molecular weight excluding hydrogens is 557 g/mol. The van der Waals surface area contributed by atoms with Gasteiger partial charge in [-0.05, 0) is 45.7 Å². The number of benzene rings is 5. The first-order valence-electron chi connectivity index (χ1n) is 13.4. The van der Waals surface area contributed by atoms with Gasteiger partial charge in [-0.3, -0.25) is 0 Å². The Morgan fingerprint density at radius 1 is 0.854 bits per heavy atom. The molecule has 0 amide bonds. The zero-order valence-electron chi connectivity index (χ0n) is 22.4. The Hall–Kier alpha value is -4.19. The van der Waals surface area contributed by atoms with Gasteiger partial charge < -0.3 is 18.1 Å². The van der Waals surface area contributed by atoms with Gasteiger partial charge >= 0.3 is 0 Å². The van der Waals surface area contributed by atoms with Gasteiger partial charge in [0.25, 0.3) is 0 Å². The lowest BCUT2D eigenvalue weighted by atomic mass is 9.88. The Balaban J connectivity index is 1.66. The topological polar surface area (TPSA) is 49.3 Å². The third-order valence-corrected chi connectivity index (χ3v) is 7.56. The SMILES string of the molecule is C=C(OCCC)c1cc2ccccc2c(-c2c(OCl)c(C3=NC(c4ccccc4)CO3)cc3ccccc23)c1OCl. The molecule has 1 aliphatic rings.